The highest BCUT2D eigenvalue weighted by Crippen LogP contribution is 2.43. The number of carbonyl (C=O) groups excluding carboxylic acids is 1. The number of hydrogen-bond donors (Lipinski definition) is 1. The molecule has 1 aromatic heterocycles. The molecule has 8 heteroatoms. The minimum absolute atomic E-state index is 0.0711. The lowest BCUT2D eigenvalue weighted by Crippen LogP contribution is -2.61. The molecule has 2 aliphatic rings. The third kappa shape index (κ3) is 4.25. The maximum atomic E-state index is 12.2. The molecular weight excluding hydrogens is 362 g/mol. The second kappa shape index (κ2) is 7.29. The van der Waals surface area contributed by atoms with Crippen LogP contribution >= 0.6 is 0 Å². The summed E-state index contributed by atoms with van der Waals surface area (Å²) >= 11 is 0. The highest BCUT2D eigenvalue weighted by atomic mass is 16.6. The minimum Gasteiger partial charge on any atom is -0.481 e. The van der Waals surface area contributed by atoms with E-state index in [2.05, 4.69) is 10.1 Å². The van der Waals surface area contributed by atoms with Crippen molar-refractivity contribution < 1.29 is 24.0 Å². The smallest absolute Gasteiger partial charge is 0.410 e. The van der Waals surface area contributed by atoms with Gasteiger partial charge >= 0.3 is 12.1 Å². The van der Waals surface area contributed by atoms with E-state index in [0.717, 1.165) is 25.9 Å². The molecule has 1 spiro atoms. The second-order valence-electron chi connectivity index (χ2n) is 9.47. The number of rotatable bonds is 4. The number of aromatic nitrogens is 1. The van der Waals surface area contributed by atoms with E-state index in [1.807, 2.05) is 34.6 Å². The fourth-order valence-electron chi connectivity index (χ4n) is 4.04. The van der Waals surface area contributed by atoms with Crippen LogP contribution in [0.4, 0.5) is 10.6 Å². The summed E-state index contributed by atoms with van der Waals surface area (Å²) in [5, 5.41) is 13.5. The molecule has 0 radical (unpaired) electrons. The van der Waals surface area contributed by atoms with Crippen LogP contribution in [0.3, 0.4) is 0 Å². The summed E-state index contributed by atoms with van der Waals surface area (Å²) in [5.41, 5.74) is -0.296. The van der Waals surface area contributed by atoms with E-state index in [1.165, 1.54) is 0 Å². The van der Waals surface area contributed by atoms with Crippen molar-refractivity contribution in [1.82, 2.24) is 10.1 Å². The number of ether oxygens (including phenoxy) is 1. The lowest BCUT2D eigenvalue weighted by Gasteiger charge is -2.53. The number of carbonyl (C=O) groups is 2. The zero-order valence-corrected chi connectivity index (χ0v) is 17.4. The van der Waals surface area contributed by atoms with Gasteiger partial charge in [0, 0.05) is 37.7 Å². The molecule has 1 unspecified atom stereocenters. The summed E-state index contributed by atoms with van der Waals surface area (Å²) < 4.78 is 10.8. The number of piperidine rings is 1. The van der Waals surface area contributed by atoms with Crippen molar-refractivity contribution in [3.63, 3.8) is 0 Å². The summed E-state index contributed by atoms with van der Waals surface area (Å²) in [4.78, 5) is 27.6. The van der Waals surface area contributed by atoms with Crippen LogP contribution in [-0.2, 0) is 9.53 Å². The van der Waals surface area contributed by atoms with E-state index in [1.54, 1.807) is 11.0 Å². The van der Waals surface area contributed by atoms with Gasteiger partial charge in [0.25, 0.3) is 0 Å². The molecule has 8 nitrogen and oxygen atoms in total. The van der Waals surface area contributed by atoms with E-state index in [9.17, 15) is 14.7 Å². The third-order valence-electron chi connectivity index (χ3n) is 5.61. The first-order chi connectivity index (χ1) is 13.0. The molecule has 3 rings (SSSR count). The van der Waals surface area contributed by atoms with Crippen molar-refractivity contribution in [2.24, 2.45) is 11.3 Å². The molecule has 1 aromatic rings. The SMILES string of the molecule is CC(C)C(C(=O)O)c1cc(N2CC3(CCN(C(=O)OC(C)(C)C)CC3)C2)no1. The van der Waals surface area contributed by atoms with Crippen LogP contribution in [0.2, 0.25) is 0 Å². The summed E-state index contributed by atoms with van der Waals surface area (Å²) in [6, 6.07) is 1.75. The maximum absolute atomic E-state index is 12.2. The number of carboxylic acid groups (broad SMARTS) is 1. The standard InChI is InChI=1S/C20H31N3O5/c1-13(2)16(17(24)25)14-10-15(21-28-14)23-11-20(12-23)6-8-22(9-7-20)18(26)27-19(3,4)5/h10,13,16H,6-9,11-12H2,1-5H3,(H,24,25). The predicted octanol–water partition coefficient (Wildman–Crippen LogP) is 3.34. The van der Waals surface area contributed by atoms with Gasteiger partial charge in [-0.25, -0.2) is 4.79 Å². The van der Waals surface area contributed by atoms with Gasteiger partial charge in [0.1, 0.15) is 11.5 Å². The first-order valence-electron chi connectivity index (χ1n) is 9.92. The number of carboxylic acids is 1. The normalized spacial score (nSPS) is 20.2. The zero-order valence-electron chi connectivity index (χ0n) is 17.4. The van der Waals surface area contributed by atoms with Crippen LogP contribution in [0, 0.1) is 11.3 Å². The predicted molar refractivity (Wildman–Crippen MR) is 103 cm³/mol. The molecule has 2 fully saturated rings. The monoisotopic (exact) mass is 393 g/mol. The first kappa shape index (κ1) is 20.5. The quantitative estimate of drug-likeness (QED) is 0.838. The maximum Gasteiger partial charge on any atom is 0.410 e. The van der Waals surface area contributed by atoms with Gasteiger partial charge in [-0.15, -0.1) is 0 Å². The average Bonchev–Trinajstić information content (AvgIpc) is 2.99. The van der Waals surface area contributed by atoms with Crippen LogP contribution in [0.5, 0.6) is 0 Å². The van der Waals surface area contributed by atoms with Crippen LogP contribution in [0.25, 0.3) is 0 Å². The number of likely N-dealkylation sites (tertiary alicyclic amines) is 1. The fourth-order valence-corrected chi connectivity index (χ4v) is 4.04. The zero-order chi connectivity index (χ0) is 20.7. The van der Waals surface area contributed by atoms with Gasteiger partial charge < -0.3 is 24.2 Å². The molecule has 1 atom stereocenters. The van der Waals surface area contributed by atoms with Crippen molar-refractivity contribution in [1.29, 1.82) is 0 Å². The molecule has 2 saturated heterocycles. The van der Waals surface area contributed by atoms with Gasteiger partial charge in [0.15, 0.2) is 11.6 Å². The van der Waals surface area contributed by atoms with Crippen LogP contribution in [0.15, 0.2) is 10.6 Å². The Labute approximate surface area is 165 Å². The Kier molecular flexibility index (Phi) is 5.34. The summed E-state index contributed by atoms with van der Waals surface area (Å²) in [5.74, 6) is -0.556. The number of aliphatic carboxylic acids is 1. The van der Waals surface area contributed by atoms with E-state index < -0.39 is 17.5 Å². The Morgan fingerprint density at radius 3 is 2.36 bits per heavy atom. The molecule has 0 aliphatic carbocycles. The lowest BCUT2D eigenvalue weighted by atomic mass is 9.72. The Balaban J connectivity index is 1.54. The minimum atomic E-state index is -0.896. The fraction of sp³-hybridized carbons (Fsp3) is 0.750. The number of nitrogens with zero attached hydrogens (tertiary/aromatic N) is 3. The van der Waals surface area contributed by atoms with E-state index in [0.29, 0.717) is 24.7 Å². The summed E-state index contributed by atoms with van der Waals surface area (Å²) in [7, 11) is 0. The highest BCUT2D eigenvalue weighted by Gasteiger charge is 2.47. The lowest BCUT2D eigenvalue weighted by molar-refractivity contribution is -0.140. The molecule has 0 saturated carbocycles. The largest absolute Gasteiger partial charge is 0.481 e. The van der Waals surface area contributed by atoms with Crippen LogP contribution in [0.1, 0.15) is 59.1 Å². The van der Waals surface area contributed by atoms with Crippen molar-refractivity contribution >= 4 is 17.9 Å². The van der Waals surface area contributed by atoms with Gasteiger partial charge in [0.05, 0.1) is 0 Å². The van der Waals surface area contributed by atoms with Crippen molar-refractivity contribution in [2.75, 3.05) is 31.1 Å². The van der Waals surface area contributed by atoms with Gasteiger partial charge in [0.2, 0.25) is 0 Å². The molecule has 28 heavy (non-hydrogen) atoms. The van der Waals surface area contributed by atoms with E-state index in [-0.39, 0.29) is 17.4 Å². The van der Waals surface area contributed by atoms with E-state index in [4.69, 9.17) is 9.26 Å². The van der Waals surface area contributed by atoms with Crippen molar-refractivity contribution in [2.45, 2.75) is 59.0 Å². The highest BCUT2D eigenvalue weighted by molar-refractivity contribution is 5.75. The molecule has 156 valence electrons. The molecule has 2 aliphatic heterocycles. The molecular formula is C20H31N3O5. The van der Waals surface area contributed by atoms with Crippen molar-refractivity contribution in [3.05, 3.63) is 11.8 Å². The van der Waals surface area contributed by atoms with Gasteiger partial charge in [-0.05, 0) is 39.5 Å². The second-order valence-corrected chi connectivity index (χ2v) is 9.47. The van der Waals surface area contributed by atoms with Crippen molar-refractivity contribution in [3.8, 4) is 0 Å². The topological polar surface area (TPSA) is 96.1 Å². The van der Waals surface area contributed by atoms with E-state index >= 15 is 0 Å². The average molecular weight is 393 g/mol. The Bertz CT molecular complexity index is 720. The third-order valence-corrected chi connectivity index (χ3v) is 5.61. The Hall–Kier alpha value is -2.25. The number of anilines is 1. The van der Waals surface area contributed by atoms with Gasteiger partial charge in [-0.2, -0.15) is 0 Å². The molecule has 1 amide bonds. The molecule has 1 N–H and O–H groups in total. The van der Waals surface area contributed by atoms with Gasteiger partial charge in [-0.3, -0.25) is 4.79 Å². The van der Waals surface area contributed by atoms with Crippen LogP contribution in [-0.4, -0.2) is 59.0 Å². The molecule has 3 heterocycles. The Morgan fingerprint density at radius 2 is 1.86 bits per heavy atom. The van der Waals surface area contributed by atoms with Crippen LogP contribution < -0.4 is 4.90 Å². The van der Waals surface area contributed by atoms with Gasteiger partial charge in [-0.1, -0.05) is 19.0 Å². The molecule has 0 bridgehead atoms. The Morgan fingerprint density at radius 1 is 1.25 bits per heavy atom. The first-order valence-corrected chi connectivity index (χ1v) is 9.92. The molecule has 0 aromatic carbocycles. The summed E-state index contributed by atoms with van der Waals surface area (Å²) in [6.07, 6.45) is 1.61. The number of hydrogen-bond acceptors (Lipinski definition) is 6. The number of amides is 1. The summed E-state index contributed by atoms with van der Waals surface area (Å²) in [6.45, 7) is 12.4.